The van der Waals surface area contributed by atoms with E-state index < -0.39 is 0 Å². The molecule has 2 aliphatic heterocycles. The molecule has 1 saturated heterocycles. The number of hydrogen-bond donors (Lipinski definition) is 1. The molecule has 1 aromatic carbocycles. The number of fused-ring (bicyclic) bond motifs is 1. The van der Waals surface area contributed by atoms with E-state index >= 15 is 0 Å². The van der Waals surface area contributed by atoms with Crippen molar-refractivity contribution in [2.75, 3.05) is 44.6 Å². The van der Waals surface area contributed by atoms with Gasteiger partial charge < -0.3 is 15.0 Å². The van der Waals surface area contributed by atoms with Crippen LogP contribution < -0.4 is 10.1 Å². The summed E-state index contributed by atoms with van der Waals surface area (Å²) in [7, 11) is 0. The molecular formula is C19H31N3O. The van der Waals surface area contributed by atoms with Crippen molar-refractivity contribution in [3.8, 4) is 5.75 Å². The maximum atomic E-state index is 6.00. The zero-order valence-electron chi connectivity index (χ0n) is 14.8. The van der Waals surface area contributed by atoms with Gasteiger partial charge >= 0.3 is 0 Å². The molecule has 2 atom stereocenters. The Balaban J connectivity index is 1.58. The number of likely N-dealkylation sites (N-methyl/N-ethyl adjacent to an activating group) is 1. The fourth-order valence-electron chi connectivity index (χ4n) is 3.61. The average molecular weight is 317 g/mol. The third-order valence-corrected chi connectivity index (χ3v) is 5.32. The number of ether oxygens (including phenoxy) is 1. The van der Waals surface area contributed by atoms with Crippen LogP contribution in [0.2, 0.25) is 0 Å². The van der Waals surface area contributed by atoms with Gasteiger partial charge in [-0.15, -0.1) is 0 Å². The second-order valence-corrected chi connectivity index (χ2v) is 6.88. The number of nitrogens with zero attached hydrogens (tertiary/aromatic N) is 2. The Kier molecular flexibility index (Phi) is 5.44. The molecule has 0 saturated carbocycles. The fraction of sp³-hybridized carbons (Fsp3) is 0.684. The van der Waals surface area contributed by atoms with Crippen molar-refractivity contribution >= 4 is 5.69 Å². The molecular weight excluding hydrogens is 286 g/mol. The standard InChI is InChI=1S/C19H31N3O/c1-4-17-14-20-18-13-16(6-7-19(18)23-17)12-15(3)22-10-8-21(5-2)9-11-22/h6-7,13,15,17,20H,4-5,8-12,14H2,1-3H3. The summed E-state index contributed by atoms with van der Waals surface area (Å²) in [6, 6.07) is 7.25. The van der Waals surface area contributed by atoms with Crippen LogP contribution >= 0.6 is 0 Å². The van der Waals surface area contributed by atoms with E-state index in [0.29, 0.717) is 12.1 Å². The highest BCUT2D eigenvalue weighted by Gasteiger charge is 2.22. The monoisotopic (exact) mass is 317 g/mol. The van der Waals surface area contributed by atoms with Crippen LogP contribution in [0.5, 0.6) is 5.75 Å². The Morgan fingerprint density at radius 1 is 1.22 bits per heavy atom. The van der Waals surface area contributed by atoms with Crippen molar-refractivity contribution in [2.45, 2.75) is 45.8 Å². The van der Waals surface area contributed by atoms with Gasteiger partial charge in [0.05, 0.1) is 12.2 Å². The van der Waals surface area contributed by atoms with Crippen LogP contribution in [0.4, 0.5) is 5.69 Å². The predicted octanol–water partition coefficient (Wildman–Crippen LogP) is 2.84. The van der Waals surface area contributed by atoms with Gasteiger partial charge in [0.2, 0.25) is 0 Å². The van der Waals surface area contributed by atoms with Crippen molar-refractivity contribution in [3.05, 3.63) is 23.8 Å². The Labute approximate surface area is 140 Å². The van der Waals surface area contributed by atoms with Crippen molar-refractivity contribution in [3.63, 3.8) is 0 Å². The van der Waals surface area contributed by atoms with Crippen molar-refractivity contribution in [2.24, 2.45) is 0 Å². The summed E-state index contributed by atoms with van der Waals surface area (Å²) >= 11 is 0. The molecule has 3 rings (SSSR count). The lowest BCUT2D eigenvalue weighted by atomic mass is 10.0. The van der Waals surface area contributed by atoms with Gasteiger partial charge in [-0.25, -0.2) is 0 Å². The first-order valence-corrected chi connectivity index (χ1v) is 9.19. The van der Waals surface area contributed by atoms with Gasteiger partial charge in [-0.2, -0.15) is 0 Å². The van der Waals surface area contributed by atoms with Crippen LogP contribution in [-0.2, 0) is 6.42 Å². The van der Waals surface area contributed by atoms with Gasteiger partial charge in [0, 0.05) is 32.2 Å². The van der Waals surface area contributed by atoms with E-state index in [4.69, 9.17) is 4.74 Å². The van der Waals surface area contributed by atoms with Gasteiger partial charge in [-0.05, 0) is 44.0 Å². The van der Waals surface area contributed by atoms with Gasteiger partial charge in [0.1, 0.15) is 11.9 Å². The minimum atomic E-state index is 0.308. The van der Waals surface area contributed by atoms with E-state index in [1.54, 1.807) is 0 Å². The van der Waals surface area contributed by atoms with Crippen LogP contribution in [0.25, 0.3) is 0 Å². The average Bonchev–Trinajstić information content (AvgIpc) is 2.61. The molecule has 2 unspecified atom stereocenters. The Bertz CT molecular complexity index is 511. The maximum absolute atomic E-state index is 6.00. The first kappa shape index (κ1) is 16.6. The summed E-state index contributed by atoms with van der Waals surface area (Å²) in [5.41, 5.74) is 2.57. The van der Waals surface area contributed by atoms with E-state index in [2.05, 4.69) is 54.1 Å². The van der Waals surface area contributed by atoms with Crippen LogP contribution in [-0.4, -0.2) is 61.2 Å². The topological polar surface area (TPSA) is 27.7 Å². The summed E-state index contributed by atoms with van der Waals surface area (Å²) in [4.78, 5) is 5.16. The molecule has 1 fully saturated rings. The third-order valence-electron chi connectivity index (χ3n) is 5.32. The maximum Gasteiger partial charge on any atom is 0.142 e. The first-order chi connectivity index (χ1) is 11.2. The molecule has 2 aliphatic rings. The quantitative estimate of drug-likeness (QED) is 0.904. The second kappa shape index (κ2) is 7.54. The Hall–Kier alpha value is -1.26. The molecule has 23 heavy (non-hydrogen) atoms. The van der Waals surface area contributed by atoms with Gasteiger partial charge in [0.25, 0.3) is 0 Å². The fourth-order valence-corrected chi connectivity index (χ4v) is 3.61. The van der Waals surface area contributed by atoms with Crippen molar-refractivity contribution in [1.29, 1.82) is 0 Å². The molecule has 0 amide bonds. The molecule has 2 heterocycles. The van der Waals surface area contributed by atoms with Crippen LogP contribution in [0, 0.1) is 0 Å². The van der Waals surface area contributed by atoms with Crippen LogP contribution in [0.15, 0.2) is 18.2 Å². The minimum Gasteiger partial charge on any atom is -0.486 e. The highest BCUT2D eigenvalue weighted by Crippen LogP contribution is 2.31. The summed E-state index contributed by atoms with van der Waals surface area (Å²) in [5.74, 6) is 1.01. The smallest absolute Gasteiger partial charge is 0.142 e. The van der Waals surface area contributed by atoms with Crippen LogP contribution in [0.1, 0.15) is 32.8 Å². The van der Waals surface area contributed by atoms with E-state index in [9.17, 15) is 0 Å². The predicted molar refractivity (Wildman–Crippen MR) is 96.5 cm³/mol. The summed E-state index contributed by atoms with van der Waals surface area (Å²) < 4.78 is 6.00. The number of anilines is 1. The molecule has 0 aromatic heterocycles. The molecule has 128 valence electrons. The van der Waals surface area contributed by atoms with Crippen LogP contribution in [0.3, 0.4) is 0 Å². The van der Waals surface area contributed by atoms with Gasteiger partial charge in [-0.3, -0.25) is 4.90 Å². The molecule has 0 spiro atoms. The molecule has 1 aromatic rings. The lowest BCUT2D eigenvalue weighted by molar-refractivity contribution is 0.106. The molecule has 0 bridgehead atoms. The Morgan fingerprint density at radius 3 is 2.70 bits per heavy atom. The number of rotatable bonds is 5. The zero-order chi connectivity index (χ0) is 16.2. The number of nitrogens with one attached hydrogen (secondary N) is 1. The number of hydrogen-bond acceptors (Lipinski definition) is 4. The molecule has 1 N–H and O–H groups in total. The molecule has 4 nitrogen and oxygen atoms in total. The van der Waals surface area contributed by atoms with E-state index in [1.807, 2.05) is 0 Å². The van der Waals surface area contributed by atoms with E-state index in [1.165, 1.54) is 38.3 Å². The highest BCUT2D eigenvalue weighted by molar-refractivity contribution is 5.59. The summed E-state index contributed by atoms with van der Waals surface area (Å²) in [6.45, 7) is 13.7. The summed E-state index contributed by atoms with van der Waals surface area (Å²) in [5, 5.41) is 3.52. The SMILES string of the molecule is CCC1CNc2cc(CC(C)N3CCN(CC)CC3)ccc2O1. The first-order valence-electron chi connectivity index (χ1n) is 9.19. The minimum absolute atomic E-state index is 0.308. The molecule has 4 heteroatoms. The molecule has 0 radical (unpaired) electrons. The zero-order valence-corrected chi connectivity index (χ0v) is 14.8. The van der Waals surface area contributed by atoms with Crippen molar-refractivity contribution < 1.29 is 4.74 Å². The lowest BCUT2D eigenvalue weighted by Crippen LogP contribution is -2.49. The number of benzene rings is 1. The summed E-state index contributed by atoms with van der Waals surface area (Å²) in [6.07, 6.45) is 2.47. The van der Waals surface area contributed by atoms with Crippen molar-refractivity contribution in [1.82, 2.24) is 9.80 Å². The number of piperazine rings is 1. The molecule has 0 aliphatic carbocycles. The normalized spacial score (nSPS) is 23.7. The Morgan fingerprint density at radius 2 is 2.00 bits per heavy atom. The highest BCUT2D eigenvalue weighted by atomic mass is 16.5. The van der Waals surface area contributed by atoms with E-state index in [0.717, 1.165) is 30.8 Å². The van der Waals surface area contributed by atoms with Gasteiger partial charge in [-0.1, -0.05) is 19.9 Å². The largest absolute Gasteiger partial charge is 0.486 e. The third kappa shape index (κ3) is 3.99. The van der Waals surface area contributed by atoms with E-state index in [-0.39, 0.29) is 0 Å². The lowest BCUT2D eigenvalue weighted by Gasteiger charge is -2.37. The second-order valence-electron chi connectivity index (χ2n) is 6.88. The van der Waals surface area contributed by atoms with Gasteiger partial charge in [0.15, 0.2) is 0 Å².